The molecule has 130 valence electrons. The first-order valence-corrected chi connectivity index (χ1v) is 9.29. The van der Waals surface area contributed by atoms with Crippen LogP contribution in [-0.2, 0) is 24.0 Å². The van der Waals surface area contributed by atoms with Crippen molar-refractivity contribution in [2.24, 2.45) is 0 Å². The van der Waals surface area contributed by atoms with Crippen LogP contribution in [0, 0.1) is 0 Å². The molecule has 0 saturated carbocycles. The fourth-order valence-electron chi connectivity index (χ4n) is 4.34. The van der Waals surface area contributed by atoms with Gasteiger partial charge in [0.1, 0.15) is 0 Å². The number of fused-ring (bicyclic) bond motifs is 3. The van der Waals surface area contributed by atoms with E-state index in [1.165, 1.54) is 11.1 Å². The van der Waals surface area contributed by atoms with Gasteiger partial charge < -0.3 is 0 Å². The summed E-state index contributed by atoms with van der Waals surface area (Å²) in [4.78, 5) is 0. The van der Waals surface area contributed by atoms with E-state index >= 15 is 0 Å². The summed E-state index contributed by atoms with van der Waals surface area (Å²) in [7, 11) is 7.68. The second-order valence-corrected chi connectivity index (χ2v) is 7.03. The number of benzene rings is 2. The van der Waals surface area contributed by atoms with Crippen LogP contribution in [0.2, 0.25) is 0 Å². The van der Waals surface area contributed by atoms with Crippen LogP contribution in [0.3, 0.4) is 0 Å². The van der Waals surface area contributed by atoms with Gasteiger partial charge in [0, 0.05) is 0 Å². The van der Waals surface area contributed by atoms with Gasteiger partial charge in [-0.3, -0.25) is 0 Å². The van der Waals surface area contributed by atoms with E-state index in [1.807, 2.05) is 11.9 Å². The fourth-order valence-corrected chi connectivity index (χ4v) is 4.34. The van der Waals surface area contributed by atoms with Crippen LogP contribution in [0.25, 0.3) is 11.1 Å². The summed E-state index contributed by atoms with van der Waals surface area (Å²) in [5.41, 5.74) is 6.27. The Kier molecular flexibility index (Phi) is 4.32. The van der Waals surface area contributed by atoms with Crippen molar-refractivity contribution in [3.05, 3.63) is 47.5 Å². The summed E-state index contributed by atoms with van der Waals surface area (Å²) in [6.45, 7) is 2.50. The van der Waals surface area contributed by atoms with Crippen LogP contribution in [0.1, 0.15) is 11.1 Å². The SMILES string of the molecule is B=CC1(C=B)c2cc(B3OCCO3)ccc2-c2ccc(B3OCCO3)cc21. The van der Waals surface area contributed by atoms with Crippen LogP contribution >= 0.6 is 0 Å². The van der Waals surface area contributed by atoms with Gasteiger partial charge in [-0.2, -0.15) is 0 Å². The summed E-state index contributed by atoms with van der Waals surface area (Å²) in [6.07, 6.45) is 0. The average Bonchev–Trinajstić information content (AvgIpc) is 3.46. The quantitative estimate of drug-likeness (QED) is 0.650. The average molecular weight is 354 g/mol. The third-order valence-electron chi connectivity index (χ3n) is 5.70. The molecule has 4 nitrogen and oxygen atoms in total. The molecule has 0 N–H and O–H groups in total. The van der Waals surface area contributed by atoms with Crippen molar-refractivity contribution in [1.82, 2.24) is 0 Å². The minimum atomic E-state index is -0.464. The van der Waals surface area contributed by atoms with E-state index in [2.05, 4.69) is 51.4 Å². The van der Waals surface area contributed by atoms with Gasteiger partial charge in [0.2, 0.25) is 0 Å². The summed E-state index contributed by atoms with van der Waals surface area (Å²) < 4.78 is 22.8. The molecule has 1 aliphatic carbocycles. The molecule has 2 heterocycles. The molecule has 5 rings (SSSR count). The van der Waals surface area contributed by atoms with E-state index in [9.17, 15) is 0 Å². The maximum atomic E-state index is 5.69. The Balaban J connectivity index is 1.65. The molecule has 2 aromatic rings. The summed E-state index contributed by atoms with van der Waals surface area (Å²) in [5, 5.41) is 0. The van der Waals surface area contributed by atoms with Crippen LogP contribution in [0.4, 0.5) is 0 Å². The van der Waals surface area contributed by atoms with Gasteiger partial charge >= 0.3 is 161 Å². The molecule has 2 aromatic carbocycles. The topological polar surface area (TPSA) is 36.9 Å². The Labute approximate surface area is 161 Å². The minimum absolute atomic E-state index is 0.304. The Bertz CT molecular complexity index is 844. The van der Waals surface area contributed by atoms with Gasteiger partial charge in [0.05, 0.1) is 0 Å². The fraction of sp³-hybridized carbons (Fsp3) is 0.263. The molecule has 0 bridgehead atoms. The molecular formula is C19H18B4O4. The van der Waals surface area contributed by atoms with Crippen LogP contribution < -0.4 is 10.9 Å². The van der Waals surface area contributed by atoms with Crippen molar-refractivity contribution in [2.75, 3.05) is 26.4 Å². The number of rotatable bonds is 4. The normalized spacial score (nSPS) is 19.8. The molecule has 0 radical (unpaired) electrons. The zero-order valence-electron chi connectivity index (χ0n) is 15.1. The standard InChI is InChI=1S/C19H18B4O4/c20-11-19(12-21)17-9-13(22-24-5-6-25-22)1-3-15(17)16-4-2-14(10-18(16)19)23-26-7-8-27-23/h1-4,9-12,20-21H,5-8H2. The molecule has 0 spiro atoms. The third-order valence-corrected chi connectivity index (χ3v) is 5.70. The first-order valence-electron chi connectivity index (χ1n) is 9.29. The number of hydrogen-bond acceptors (Lipinski definition) is 4. The number of hydrogen-bond donors (Lipinski definition) is 0. The van der Waals surface area contributed by atoms with Gasteiger partial charge in [-0.15, -0.1) is 0 Å². The molecule has 2 aliphatic heterocycles. The van der Waals surface area contributed by atoms with E-state index in [0.717, 1.165) is 22.1 Å². The van der Waals surface area contributed by atoms with Crippen molar-refractivity contribution in [3.8, 4) is 11.1 Å². The molecule has 2 fully saturated rings. The van der Waals surface area contributed by atoms with Crippen molar-refractivity contribution in [1.29, 1.82) is 0 Å². The molecule has 0 aromatic heterocycles. The summed E-state index contributed by atoms with van der Waals surface area (Å²) in [6, 6.07) is 12.8. The van der Waals surface area contributed by atoms with Crippen molar-refractivity contribution >= 4 is 52.1 Å². The Morgan fingerprint density at radius 1 is 0.704 bits per heavy atom. The van der Waals surface area contributed by atoms with Gasteiger partial charge in [-0.25, -0.2) is 0 Å². The van der Waals surface area contributed by atoms with Crippen LogP contribution in [-0.4, -0.2) is 67.6 Å². The van der Waals surface area contributed by atoms with Gasteiger partial charge in [-0.1, -0.05) is 0 Å². The molecule has 8 heteroatoms. The Morgan fingerprint density at radius 2 is 1.11 bits per heavy atom. The van der Waals surface area contributed by atoms with Crippen molar-refractivity contribution in [3.63, 3.8) is 0 Å². The monoisotopic (exact) mass is 354 g/mol. The molecule has 27 heavy (non-hydrogen) atoms. The van der Waals surface area contributed by atoms with E-state index in [0.29, 0.717) is 26.4 Å². The van der Waals surface area contributed by atoms with E-state index < -0.39 is 5.41 Å². The van der Waals surface area contributed by atoms with Gasteiger partial charge in [0.25, 0.3) is 0 Å². The maximum absolute atomic E-state index is 5.69. The summed E-state index contributed by atoms with van der Waals surface area (Å²) >= 11 is 0. The zero-order valence-corrected chi connectivity index (χ0v) is 15.1. The predicted molar refractivity (Wildman–Crippen MR) is 114 cm³/mol. The van der Waals surface area contributed by atoms with Crippen molar-refractivity contribution in [2.45, 2.75) is 5.41 Å². The summed E-state index contributed by atoms with van der Waals surface area (Å²) in [5.74, 6) is 3.93. The Hall–Kier alpha value is -1.72. The molecule has 2 saturated heterocycles. The van der Waals surface area contributed by atoms with Gasteiger partial charge in [-0.05, 0) is 0 Å². The molecule has 0 unspecified atom stereocenters. The molecule has 0 amide bonds. The van der Waals surface area contributed by atoms with E-state index in [-0.39, 0.29) is 14.2 Å². The van der Waals surface area contributed by atoms with Crippen LogP contribution in [0.15, 0.2) is 36.4 Å². The van der Waals surface area contributed by atoms with Crippen LogP contribution in [0.5, 0.6) is 0 Å². The molecular weight excluding hydrogens is 335 g/mol. The van der Waals surface area contributed by atoms with E-state index in [4.69, 9.17) is 18.6 Å². The molecule has 0 atom stereocenters. The van der Waals surface area contributed by atoms with E-state index in [1.54, 1.807) is 0 Å². The molecule has 3 aliphatic rings. The van der Waals surface area contributed by atoms with Crippen molar-refractivity contribution < 1.29 is 18.6 Å². The second kappa shape index (κ2) is 6.71. The zero-order chi connectivity index (χ0) is 18.4. The predicted octanol–water partition coefficient (Wildman–Crippen LogP) is -1.16. The third kappa shape index (κ3) is 2.59. The van der Waals surface area contributed by atoms with Gasteiger partial charge in [0.15, 0.2) is 0 Å². The first-order chi connectivity index (χ1) is 13.3. The first kappa shape index (κ1) is 17.4. The Morgan fingerprint density at radius 3 is 1.48 bits per heavy atom. The second-order valence-electron chi connectivity index (χ2n) is 7.03.